The highest BCUT2D eigenvalue weighted by molar-refractivity contribution is 5.80. The Morgan fingerprint density at radius 2 is 2.00 bits per heavy atom. The third-order valence-corrected chi connectivity index (χ3v) is 5.33. The minimum Gasteiger partial charge on any atom is -0.342 e. The molecule has 128 valence electrons. The minimum absolute atomic E-state index is 0.244. The van der Waals surface area contributed by atoms with E-state index in [1.807, 2.05) is 9.58 Å². The second-order valence-electron chi connectivity index (χ2n) is 6.88. The molecule has 1 atom stereocenters. The summed E-state index contributed by atoms with van der Waals surface area (Å²) < 4.78 is 1.85. The summed E-state index contributed by atoms with van der Waals surface area (Å²) >= 11 is 0. The molecular weight excluding hydrogens is 304 g/mol. The third-order valence-electron chi connectivity index (χ3n) is 5.33. The average Bonchev–Trinajstić information content (AvgIpc) is 3.35. The Kier molecular flexibility index (Phi) is 4.18. The Morgan fingerprint density at radius 3 is 2.79 bits per heavy atom. The lowest BCUT2D eigenvalue weighted by Crippen LogP contribution is -2.33. The van der Waals surface area contributed by atoms with Crippen molar-refractivity contribution in [2.24, 2.45) is 11.7 Å². The van der Waals surface area contributed by atoms with Gasteiger partial charge in [0.25, 0.3) is 0 Å². The normalized spacial score (nSPS) is 21.9. The van der Waals surface area contributed by atoms with E-state index in [9.17, 15) is 4.79 Å². The summed E-state index contributed by atoms with van der Waals surface area (Å²) in [7, 11) is 0. The highest BCUT2D eigenvalue weighted by Gasteiger charge is 2.34. The number of likely N-dealkylation sites (tertiary alicyclic amines) is 1. The van der Waals surface area contributed by atoms with Crippen LogP contribution in [0.1, 0.15) is 43.7 Å². The van der Waals surface area contributed by atoms with Crippen molar-refractivity contribution in [1.29, 1.82) is 0 Å². The Labute approximate surface area is 141 Å². The molecule has 24 heavy (non-hydrogen) atoms. The zero-order valence-electron chi connectivity index (χ0n) is 13.9. The molecule has 1 unspecified atom stereocenters. The zero-order valence-corrected chi connectivity index (χ0v) is 13.9. The molecule has 7 heteroatoms. The van der Waals surface area contributed by atoms with Gasteiger partial charge in [0.2, 0.25) is 5.91 Å². The highest BCUT2D eigenvalue weighted by atomic mass is 16.2. The predicted octanol–water partition coefficient (Wildman–Crippen LogP) is 1.29. The van der Waals surface area contributed by atoms with Crippen LogP contribution in [0.15, 0.2) is 12.4 Å². The Balaban J connectivity index is 1.56. The van der Waals surface area contributed by atoms with Gasteiger partial charge in [-0.1, -0.05) is 12.8 Å². The number of nitrogens with two attached hydrogens (primary N) is 1. The molecule has 4 rings (SSSR count). The van der Waals surface area contributed by atoms with Gasteiger partial charge in [-0.3, -0.25) is 4.79 Å². The molecule has 1 saturated heterocycles. The summed E-state index contributed by atoms with van der Waals surface area (Å²) in [6, 6.07) is 0. The summed E-state index contributed by atoms with van der Waals surface area (Å²) in [5.41, 5.74) is 8.29. The van der Waals surface area contributed by atoms with E-state index in [-0.39, 0.29) is 11.8 Å². The monoisotopic (exact) mass is 328 g/mol. The second kappa shape index (κ2) is 6.47. The van der Waals surface area contributed by atoms with Crippen LogP contribution in [-0.4, -0.2) is 50.2 Å². The molecule has 1 amide bonds. The van der Waals surface area contributed by atoms with Crippen molar-refractivity contribution < 1.29 is 4.79 Å². The SMILES string of the molecule is NCCn1nc(C2CCN(C(=O)C3CCCC3)C2)c2nccnc21. The van der Waals surface area contributed by atoms with Crippen molar-refractivity contribution in [2.75, 3.05) is 19.6 Å². The molecule has 2 aromatic heterocycles. The molecule has 2 fully saturated rings. The molecule has 1 aliphatic carbocycles. The van der Waals surface area contributed by atoms with E-state index < -0.39 is 0 Å². The summed E-state index contributed by atoms with van der Waals surface area (Å²) in [5.74, 6) is 0.829. The van der Waals surface area contributed by atoms with Gasteiger partial charge in [-0.2, -0.15) is 5.10 Å². The minimum atomic E-state index is 0.244. The topological polar surface area (TPSA) is 89.9 Å². The molecule has 1 aliphatic heterocycles. The molecule has 0 spiro atoms. The van der Waals surface area contributed by atoms with E-state index in [0.29, 0.717) is 19.0 Å². The fourth-order valence-corrected chi connectivity index (χ4v) is 4.09. The molecule has 0 bridgehead atoms. The van der Waals surface area contributed by atoms with Crippen molar-refractivity contribution >= 4 is 17.1 Å². The first-order valence-corrected chi connectivity index (χ1v) is 8.94. The molecule has 1 saturated carbocycles. The van der Waals surface area contributed by atoms with E-state index in [4.69, 9.17) is 10.8 Å². The molecular formula is C17H24N6O. The second-order valence-corrected chi connectivity index (χ2v) is 6.88. The van der Waals surface area contributed by atoms with Crippen LogP contribution in [0.4, 0.5) is 0 Å². The number of rotatable bonds is 4. The van der Waals surface area contributed by atoms with Crippen LogP contribution in [0, 0.1) is 5.92 Å². The summed E-state index contributed by atoms with van der Waals surface area (Å²) in [6.45, 7) is 2.72. The molecule has 2 aliphatic rings. The Bertz CT molecular complexity index is 736. The summed E-state index contributed by atoms with van der Waals surface area (Å²) in [6.07, 6.45) is 8.83. The first kappa shape index (κ1) is 15.5. The van der Waals surface area contributed by atoms with E-state index in [1.165, 1.54) is 12.8 Å². The van der Waals surface area contributed by atoms with Gasteiger partial charge in [-0.25, -0.2) is 14.6 Å². The zero-order chi connectivity index (χ0) is 16.5. The van der Waals surface area contributed by atoms with E-state index in [1.54, 1.807) is 12.4 Å². The van der Waals surface area contributed by atoms with Crippen LogP contribution in [0.2, 0.25) is 0 Å². The number of amides is 1. The van der Waals surface area contributed by atoms with E-state index in [2.05, 4.69) is 9.97 Å². The fourth-order valence-electron chi connectivity index (χ4n) is 4.09. The fraction of sp³-hybridized carbons (Fsp3) is 0.647. The van der Waals surface area contributed by atoms with Gasteiger partial charge in [0.1, 0.15) is 5.52 Å². The van der Waals surface area contributed by atoms with Crippen molar-refractivity contribution in [3.05, 3.63) is 18.1 Å². The first-order chi connectivity index (χ1) is 11.8. The van der Waals surface area contributed by atoms with Gasteiger partial charge >= 0.3 is 0 Å². The molecule has 0 aromatic carbocycles. The predicted molar refractivity (Wildman–Crippen MR) is 90.3 cm³/mol. The van der Waals surface area contributed by atoms with Crippen LogP contribution in [0.5, 0.6) is 0 Å². The molecule has 7 nitrogen and oxygen atoms in total. The smallest absolute Gasteiger partial charge is 0.225 e. The van der Waals surface area contributed by atoms with Crippen LogP contribution >= 0.6 is 0 Å². The lowest BCUT2D eigenvalue weighted by molar-refractivity contribution is -0.134. The maximum Gasteiger partial charge on any atom is 0.225 e. The largest absolute Gasteiger partial charge is 0.342 e. The number of carbonyl (C=O) groups excluding carboxylic acids is 1. The maximum atomic E-state index is 12.7. The van der Waals surface area contributed by atoms with Gasteiger partial charge in [-0.05, 0) is 19.3 Å². The van der Waals surface area contributed by atoms with Crippen molar-refractivity contribution in [3.8, 4) is 0 Å². The standard InChI is InChI=1S/C17H24N6O/c18-6-10-23-16-15(19-7-8-20-16)14(21-23)13-5-9-22(11-13)17(24)12-3-1-2-4-12/h7-8,12-13H,1-6,9-11,18H2. The summed E-state index contributed by atoms with van der Waals surface area (Å²) in [5, 5.41) is 4.73. The average molecular weight is 328 g/mol. The number of aromatic nitrogens is 4. The number of fused-ring (bicyclic) bond motifs is 1. The summed E-state index contributed by atoms with van der Waals surface area (Å²) in [4.78, 5) is 23.6. The van der Waals surface area contributed by atoms with E-state index >= 15 is 0 Å². The lowest BCUT2D eigenvalue weighted by atomic mass is 10.0. The van der Waals surface area contributed by atoms with Crippen LogP contribution in [0.25, 0.3) is 11.2 Å². The first-order valence-electron chi connectivity index (χ1n) is 8.94. The molecule has 0 radical (unpaired) electrons. The van der Waals surface area contributed by atoms with Crippen LogP contribution in [-0.2, 0) is 11.3 Å². The van der Waals surface area contributed by atoms with Crippen LogP contribution in [0.3, 0.4) is 0 Å². The van der Waals surface area contributed by atoms with Gasteiger partial charge in [0, 0.05) is 43.9 Å². The van der Waals surface area contributed by atoms with Gasteiger partial charge in [0.05, 0.1) is 12.2 Å². The maximum absolute atomic E-state index is 12.7. The molecule has 3 heterocycles. The van der Waals surface area contributed by atoms with Crippen molar-refractivity contribution in [1.82, 2.24) is 24.6 Å². The van der Waals surface area contributed by atoms with Crippen molar-refractivity contribution in [3.63, 3.8) is 0 Å². The lowest BCUT2D eigenvalue weighted by Gasteiger charge is -2.20. The molecule has 2 N–H and O–H groups in total. The highest BCUT2D eigenvalue weighted by Crippen LogP contribution is 2.33. The number of nitrogens with zero attached hydrogens (tertiary/aromatic N) is 5. The van der Waals surface area contributed by atoms with Gasteiger partial charge in [0.15, 0.2) is 5.65 Å². The van der Waals surface area contributed by atoms with Gasteiger partial charge < -0.3 is 10.6 Å². The third kappa shape index (κ3) is 2.66. The Morgan fingerprint density at radius 1 is 1.21 bits per heavy atom. The number of hydrogen-bond acceptors (Lipinski definition) is 5. The quantitative estimate of drug-likeness (QED) is 0.913. The number of hydrogen-bond donors (Lipinski definition) is 1. The Hall–Kier alpha value is -2.02. The van der Waals surface area contributed by atoms with Crippen molar-refractivity contribution in [2.45, 2.75) is 44.6 Å². The van der Waals surface area contributed by atoms with E-state index in [0.717, 1.165) is 49.2 Å². The number of carbonyl (C=O) groups is 1. The van der Waals surface area contributed by atoms with Crippen LogP contribution < -0.4 is 5.73 Å². The van der Waals surface area contributed by atoms with Gasteiger partial charge in [-0.15, -0.1) is 0 Å². The molecule has 2 aromatic rings.